The van der Waals surface area contributed by atoms with E-state index in [9.17, 15) is 9.59 Å². The predicted octanol–water partition coefficient (Wildman–Crippen LogP) is 4.32. The Morgan fingerprint density at radius 2 is 1.24 bits per heavy atom. The molecule has 3 aliphatic rings. The SMILES string of the molecule is O=C1C2C3C=CC(C3)C2C(=O)N1c1ccc(-c2ccc(Cl)cc2)cc1. The van der Waals surface area contributed by atoms with Crippen LogP contribution in [0.25, 0.3) is 11.1 Å². The van der Waals surface area contributed by atoms with E-state index in [0.717, 1.165) is 17.5 Å². The van der Waals surface area contributed by atoms with E-state index in [0.29, 0.717) is 10.7 Å². The van der Waals surface area contributed by atoms with E-state index in [4.69, 9.17) is 11.6 Å². The Balaban J connectivity index is 1.45. The number of nitrogens with zero attached hydrogens (tertiary/aromatic N) is 1. The number of benzene rings is 2. The maximum atomic E-state index is 12.8. The van der Waals surface area contributed by atoms with E-state index in [1.54, 1.807) is 0 Å². The molecule has 0 radical (unpaired) electrons. The van der Waals surface area contributed by atoms with Crippen molar-refractivity contribution < 1.29 is 9.59 Å². The fourth-order valence-corrected chi connectivity index (χ4v) is 4.73. The van der Waals surface area contributed by atoms with Crippen molar-refractivity contribution in [3.8, 4) is 11.1 Å². The molecule has 3 nitrogen and oxygen atoms in total. The molecule has 2 aromatic rings. The summed E-state index contributed by atoms with van der Waals surface area (Å²) in [7, 11) is 0. The van der Waals surface area contributed by atoms with Gasteiger partial charge in [-0.25, -0.2) is 0 Å². The zero-order valence-electron chi connectivity index (χ0n) is 13.4. The second-order valence-electron chi connectivity index (χ2n) is 7.07. The van der Waals surface area contributed by atoms with Gasteiger partial charge in [0.1, 0.15) is 0 Å². The average molecular weight is 350 g/mol. The highest BCUT2D eigenvalue weighted by Crippen LogP contribution is 2.53. The molecule has 0 N–H and O–H groups in total. The Kier molecular flexibility index (Phi) is 3.16. The number of halogens is 1. The summed E-state index contributed by atoms with van der Waals surface area (Å²) in [5.41, 5.74) is 2.75. The number of carbonyl (C=O) groups excluding carboxylic acids is 2. The molecule has 124 valence electrons. The second-order valence-corrected chi connectivity index (χ2v) is 7.50. The van der Waals surface area contributed by atoms with Gasteiger partial charge >= 0.3 is 0 Å². The molecule has 2 aromatic carbocycles. The maximum absolute atomic E-state index is 12.8. The standard InChI is InChI=1S/C21H16ClNO2/c22-16-7-3-12(4-8-16)13-5-9-17(10-6-13)23-20(24)18-14-1-2-15(11-14)19(18)21(23)25/h1-10,14-15,18-19H,11H2. The van der Waals surface area contributed by atoms with E-state index < -0.39 is 0 Å². The Morgan fingerprint density at radius 3 is 1.76 bits per heavy atom. The number of fused-ring (bicyclic) bond motifs is 5. The fraction of sp³-hybridized carbons (Fsp3) is 0.238. The Hall–Kier alpha value is -2.39. The summed E-state index contributed by atoms with van der Waals surface area (Å²) >= 11 is 5.93. The van der Waals surface area contributed by atoms with Crippen LogP contribution in [0, 0.1) is 23.7 Å². The number of amides is 2. The molecule has 2 amide bonds. The van der Waals surface area contributed by atoms with Gasteiger partial charge in [0.15, 0.2) is 0 Å². The Labute approximate surface area is 150 Å². The van der Waals surface area contributed by atoms with E-state index in [1.807, 2.05) is 48.5 Å². The van der Waals surface area contributed by atoms with Crippen LogP contribution in [-0.2, 0) is 9.59 Å². The van der Waals surface area contributed by atoms with Gasteiger partial charge in [0, 0.05) is 5.02 Å². The minimum atomic E-state index is -0.154. The summed E-state index contributed by atoms with van der Waals surface area (Å²) in [4.78, 5) is 27.1. The molecular formula is C21H16ClNO2. The number of allylic oxidation sites excluding steroid dienone is 2. The van der Waals surface area contributed by atoms with Gasteiger partial charge in [-0.15, -0.1) is 0 Å². The minimum absolute atomic E-state index is 0.0360. The van der Waals surface area contributed by atoms with Crippen LogP contribution in [0.2, 0.25) is 5.02 Å². The van der Waals surface area contributed by atoms with Crippen molar-refractivity contribution in [2.75, 3.05) is 4.90 Å². The first-order chi connectivity index (χ1) is 12.1. The molecule has 4 heteroatoms. The van der Waals surface area contributed by atoms with Crippen molar-refractivity contribution in [2.45, 2.75) is 6.42 Å². The van der Waals surface area contributed by atoms with Crippen LogP contribution in [0.15, 0.2) is 60.7 Å². The number of imide groups is 1. The highest BCUT2D eigenvalue weighted by atomic mass is 35.5. The molecule has 25 heavy (non-hydrogen) atoms. The molecule has 4 unspecified atom stereocenters. The van der Waals surface area contributed by atoms with Crippen LogP contribution >= 0.6 is 11.6 Å². The summed E-state index contributed by atoms with van der Waals surface area (Å²) in [6, 6.07) is 15.2. The van der Waals surface area contributed by atoms with Gasteiger partial charge in [-0.2, -0.15) is 0 Å². The lowest BCUT2D eigenvalue weighted by atomic mass is 9.85. The largest absolute Gasteiger partial charge is 0.274 e. The number of anilines is 1. The van der Waals surface area contributed by atoms with Crippen molar-refractivity contribution in [2.24, 2.45) is 23.7 Å². The molecule has 0 spiro atoms. The number of hydrogen-bond donors (Lipinski definition) is 0. The molecule has 1 heterocycles. The zero-order chi connectivity index (χ0) is 17.1. The quantitative estimate of drug-likeness (QED) is 0.598. The first kappa shape index (κ1) is 14.9. The molecule has 2 fully saturated rings. The van der Waals surface area contributed by atoms with Crippen molar-refractivity contribution in [3.05, 3.63) is 65.7 Å². The summed E-state index contributed by atoms with van der Waals surface area (Å²) in [5.74, 6) is 0.101. The molecule has 5 rings (SSSR count). The average Bonchev–Trinajstić information content (AvgIpc) is 3.30. The summed E-state index contributed by atoms with van der Waals surface area (Å²) in [6.45, 7) is 0. The molecule has 1 aliphatic heterocycles. The summed E-state index contributed by atoms with van der Waals surface area (Å²) < 4.78 is 0. The Bertz CT molecular complexity index is 870. The molecule has 0 aromatic heterocycles. The lowest BCUT2D eigenvalue weighted by Crippen LogP contribution is -2.32. The molecule has 1 saturated carbocycles. The van der Waals surface area contributed by atoms with Gasteiger partial charge in [-0.3, -0.25) is 14.5 Å². The van der Waals surface area contributed by atoms with Gasteiger partial charge in [-0.05, 0) is 53.6 Å². The molecular weight excluding hydrogens is 334 g/mol. The number of rotatable bonds is 2. The number of carbonyl (C=O) groups is 2. The molecule has 1 saturated heterocycles. The lowest BCUT2D eigenvalue weighted by Gasteiger charge is -2.17. The third-order valence-corrected chi connectivity index (χ3v) is 6.03. The van der Waals surface area contributed by atoms with Crippen LogP contribution < -0.4 is 4.90 Å². The van der Waals surface area contributed by atoms with E-state index in [1.165, 1.54) is 4.90 Å². The molecule has 4 atom stereocenters. The highest BCUT2D eigenvalue weighted by Gasteiger charge is 2.59. The van der Waals surface area contributed by atoms with Crippen LogP contribution in [0.1, 0.15) is 6.42 Å². The van der Waals surface area contributed by atoms with Crippen LogP contribution in [-0.4, -0.2) is 11.8 Å². The normalized spacial score (nSPS) is 29.6. The maximum Gasteiger partial charge on any atom is 0.238 e. The first-order valence-electron chi connectivity index (χ1n) is 8.55. The van der Waals surface area contributed by atoms with Gasteiger partial charge in [0.2, 0.25) is 11.8 Å². The third-order valence-electron chi connectivity index (χ3n) is 5.77. The van der Waals surface area contributed by atoms with Crippen LogP contribution in [0.5, 0.6) is 0 Å². The molecule has 2 aliphatic carbocycles. The smallest absolute Gasteiger partial charge is 0.238 e. The van der Waals surface area contributed by atoms with Crippen molar-refractivity contribution in [1.29, 1.82) is 0 Å². The van der Waals surface area contributed by atoms with Crippen LogP contribution in [0.4, 0.5) is 5.69 Å². The first-order valence-corrected chi connectivity index (χ1v) is 8.93. The summed E-state index contributed by atoms with van der Waals surface area (Å²) in [6.07, 6.45) is 5.18. The van der Waals surface area contributed by atoms with Gasteiger partial charge < -0.3 is 0 Å². The van der Waals surface area contributed by atoms with Gasteiger partial charge in [0.25, 0.3) is 0 Å². The fourth-order valence-electron chi connectivity index (χ4n) is 4.60. The summed E-state index contributed by atoms with van der Waals surface area (Å²) in [5, 5.41) is 0.698. The topological polar surface area (TPSA) is 37.4 Å². The third kappa shape index (κ3) is 2.12. The lowest BCUT2D eigenvalue weighted by molar-refractivity contribution is -0.123. The molecule has 2 bridgehead atoms. The predicted molar refractivity (Wildman–Crippen MR) is 97.1 cm³/mol. The van der Waals surface area contributed by atoms with Crippen molar-refractivity contribution in [1.82, 2.24) is 0 Å². The Morgan fingerprint density at radius 1 is 0.760 bits per heavy atom. The van der Waals surface area contributed by atoms with E-state index in [-0.39, 0.29) is 35.5 Å². The van der Waals surface area contributed by atoms with E-state index in [2.05, 4.69) is 12.2 Å². The zero-order valence-corrected chi connectivity index (χ0v) is 14.2. The monoisotopic (exact) mass is 349 g/mol. The number of hydrogen-bond acceptors (Lipinski definition) is 2. The highest BCUT2D eigenvalue weighted by molar-refractivity contribution is 6.30. The minimum Gasteiger partial charge on any atom is -0.274 e. The van der Waals surface area contributed by atoms with Crippen molar-refractivity contribution >= 4 is 29.1 Å². The van der Waals surface area contributed by atoms with Gasteiger partial charge in [0.05, 0.1) is 17.5 Å². The van der Waals surface area contributed by atoms with Crippen LogP contribution in [0.3, 0.4) is 0 Å². The van der Waals surface area contributed by atoms with Gasteiger partial charge in [-0.1, -0.05) is 48.0 Å². The van der Waals surface area contributed by atoms with Crippen molar-refractivity contribution in [3.63, 3.8) is 0 Å². The second kappa shape index (κ2) is 5.30. The van der Waals surface area contributed by atoms with E-state index >= 15 is 0 Å².